The van der Waals surface area contributed by atoms with Crippen LogP contribution in [-0.4, -0.2) is 22.0 Å². The van der Waals surface area contributed by atoms with Gasteiger partial charge in [0.05, 0.1) is 18.7 Å². The minimum Gasteiger partial charge on any atom is -0.466 e. The molecule has 0 spiro atoms. The summed E-state index contributed by atoms with van der Waals surface area (Å²) in [6, 6.07) is 6.70. The van der Waals surface area contributed by atoms with Crippen LogP contribution < -0.4 is 0 Å². The maximum Gasteiger partial charge on any atom is 0.311 e. The molecule has 4 nitrogen and oxygen atoms in total. The standard InChI is InChI=1S/C19H20N2O2S/c1-2-23-18(22)10-16-12-24-19-20-17(11-21(16)19)15-8-7-13-5-3-4-6-14(13)9-15/h7-9,11-12H,2-6,10H2,1H3. The number of ether oxygens (including phenoxy) is 1. The Kier molecular flexibility index (Phi) is 4.10. The number of hydrogen-bond donors (Lipinski definition) is 0. The van der Waals surface area contributed by atoms with Gasteiger partial charge in [-0.3, -0.25) is 9.20 Å². The smallest absolute Gasteiger partial charge is 0.311 e. The summed E-state index contributed by atoms with van der Waals surface area (Å²) in [4.78, 5) is 17.4. The molecule has 1 aliphatic rings. The first-order valence-corrected chi connectivity index (χ1v) is 9.36. The third-order valence-electron chi connectivity index (χ3n) is 4.56. The average Bonchev–Trinajstić information content (AvgIpc) is 3.17. The Morgan fingerprint density at radius 1 is 1.29 bits per heavy atom. The number of hydrogen-bond acceptors (Lipinski definition) is 4. The van der Waals surface area contributed by atoms with Crippen molar-refractivity contribution in [1.29, 1.82) is 0 Å². The SMILES string of the molecule is CCOC(=O)Cc1csc2nc(-c3ccc4c(c3)CCCC4)cn12. The lowest BCUT2D eigenvalue weighted by molar-refractivity contribution is -0.142. The molecule has 0 amide bonds. The highest BCUT2D eigenvalue weighted by Gasteiger charge is 2.15. The molecule has 124 valence electrons. The minimum atomic E-state index is -0.193. The Bertz CT molecular complexity index is 894. The van der Waals surface area contributed by atoms with E-state index in [1.807, 2.05) is 22.9 Å². The number of thiazole rings is 1. The molecule has 2 aromatic heterocycles. The number of benzene rings is 1. The summed E-state index contributed by atoms with van der Waals surface area (Å²) >= 11 is 1.56. The normalized spacial score (nSPS) is 13.9. The van der Waals surface area contributed by atoms with Crippen LogP contribution in [0.25, 0.3) is 16.2 Å². The topological polar surface area (TPSA) is 43.6 Å². The van der Waals surface area contributed by atoms with Gasteiger partial charge in [-0.05, 0) is 49.8 Å². The van der Waals surface area contributed by atoms with Gasteiger partial charge >= 0.3 is 5.97 Å². The van der Waals surface area contributed by atoms with E-state index in [0.29, 0.717) is 6.61 Å². The average molecular weight is 340 g/mol. The van der Waals surface area contributed by atoms with E-state index >= 15 is 0 Å². The summed E-state index contributed by atoms with van der Waals surface area (Å²) in [5, 5.41) is 1.98. The number of aromatic nitrogens is 2. The molecular formula is C19H20N2O2S. The third kappa shape index (κ3) is 2.84. The van der Waals surface area contributed by atoms with Crippen molar-refractivity contribution in [2.24, 2.45) is 0 Å². The summed E-state index contributed by atoms with van der Waals surface area (Å²) in [5.41, 5.74) is 6.01. The Morgan fingerprint density at radius 2 is 2.12 bits per heavy atom. The van der Waals surface area contributed by atoms with Crippen LogP contribution in [0, 0.1) is 0 Å². The van der Waals surface area contributed by atoms with E-state index in [9.17, 15) is 4.79 Å². The van der Waals surface area contributed by atoms with Crippen molar-refractivity contribution in [3.8, 4) is 11.3 Å². The number of rotatable bonds is 4. The van der Waals surface area contributed by atoms with Crippen molar-refractivity contribution in [3.05, 3.63) is 46.6 Å². The van der Waals surface area contributed by atoms with Crippen molar-refractivity contribution in [3.63, 3.8) is 0 Å². The minimum absolute atomic E-state index is 0.193. The van der Waals surface area contributed by atoms with Gasteiger partial charge in [-0.25, -0.2) is 4.98 Å². The van der Waals surface area contributed by atoms with Crippen LogP contribution >= 0.6 is 11.3 Å². The van der Waals surface area contributed by atoms with Crippen molar-refractivity contribution >= 4 is 22.3 Å². The van der Waals surface area contributed by atoms with E-state index in [4.69, 9.17) is 9.72 Å². The lowest BCUT2D eigenvalue weighted by atomic mass is 9.90. The van der Waals surface area contributed by atoms with E-state index < -0.39 is 0 Å². The summed E-state index contributed by atoms with van der Waals surface area (Å²) in [6.07, 6.45) is 7.25. The zero-order chi connectivity index (χ0) is 16.5. The van der Waals surface area contributed by atoms with E-state index in [-0.39, 0.29) is 12.4 Å². The molecule has 2 heterocycles. The van der Waals surface area contributed by atoms with Crippen LogP contribution in [-0.2, 0) is 28.8 Å². The molecule has 0 N–H and O–H groups in total. The zero-order valence-corrected chi connectivity index (χ0v) is 14.6. The highest BCUT2D eigenvalue weighted by atomic mass is 32.1. The van der Waals surface area contributed by atoms with E-state index in [0.717, 1.165) is 21.9 Å². The molecule has 0 radical (unpaired) electrons. The second-order valence-corrected chi connectivity index (χ2v) is 7.01. The molecule has 0 saturated carbocycles. The first kappa shape index (κ1) is 15.4. The fourth-order valence-electron chi connectivity index (χ4n) is 3.35. The van der Waals surface area contributed by atoms with Crippen LogP contribution in [0.2, 0.25) is 0 Å². The number of carbonyl (C=O) groups is 1. The predicted octanol–water partition coefficient (Wildman–Crippen LogP) is 4.05. The second kappa shape index (κ2) is 6.40. The number of nitrogens with zero attached hydrogens (tertiary/aromatic N) is 2. The third-order valence-corrected chi connectivity index (χ3v) is 5.45. The van der Waals surface area contributed by atoms with Gasteiger partial charge in [-0.15, -0.1) is 11.3 Å². The molecule has 4 rings (SSSR count). The van der Waals surface area contributed by atoms with Gasteiger partial charge in [-0.2, -0.15) is 0 Å². The van der Waals surface area contributed by atoms with Crippen molar-refractivity contribution in [2.45, 2.75) is 39.0 Å². The molecular weight excluding hydrogens is 320 g/mol. The number of carbonyl (C=O) groups excluding carboxylic acids is 1. The number of fused-ring (bicyclic) bond motifs is 2. The molecule has 0 atom stereocenters. The predicted molar refractivity (Wildman–Crippen MR) is 95.5 cm³/mol. The summed E-state index contributed by atoms with van der Waals surface area (Å²) in [7, 11) is 0. The zero-order valence-electron chi connectivity index (χ0n) is 13.7. The van der Waals surface area contributed by atoms with Crippen LogP contribution in [0.3, 0.4) is 0 Å². The lowest BCUT2D eigenvalue weighted by Gasteiger charge is -2.15. The summed E-state index contributed by atoms with van der Waals surface area (Å²) in [6.45, 7) is 2.24. The van der Waals surface area contributed by atoms with Crippen molar-refractivity contribution in [1.82, 2.24) is 9.38 Å². The Morgan fingerprint density at radius 3 is 2.96 bits per heavy atom. The van der Waals surface area contributed by atoms with Gasteiger partial charge in [0, 0.05) is 22.8 Å². The van der Waals surface area contributed by atoms with E-state index in [2.05, 4.69) is 18.2 Å². The number of imidazole rings is 1. The van der Waals surface area contributed by atoms with Crippen LogP contribution in [0.4, 0.5) is 0 Å². The summed E-state index contributed by atoms with van der Waals surface area (Å²) < 4.78 is 7.06. The van der Waals surface area contributed by atoms with E-state index in [1.165, 1.54) is 36.8 Å². The van der Waals surface area contributed by atoms with Gasteiger partial charge in [-0.1, -0.05) is 12.1 Å². The highest BCUT2D eigenvalue weighted by Crippen LogP contribution is 2.28. The van der Waals surface area contributed by atoms with Crippen LogP contribution in [0.1, 0.15) is 36.6 Å². The Balaban J connectivity index is 1.66. The quantitative estimate of drug-likeness (QED) is 0.673. The molecule has 0 saturated heterocycles. The Labute approximate surface area is 145 Å². The maximum atomic E-state index is 11.7. The summed E-state index contributed by atoms with van der Waals surface area (Å²) in [5.74, 6) is -0.193. The van der Waals surface area contributed by atoms with Crippen molar-refractivity contribution < 1.29 is 9.53 Å². The van der Waals surface area contributed by atoms with Gasteiger partial charge in [0.25, 0.3) is 0 Å². The highest BCUT2D eigenvalue weighted by molar-refractivity contribution is 7.15. The first-order valence-electron chi connectivity index (χ1n) is 8.48. The Hall–Kier alpha value is -2.14. The van der Waals surface area contributed by atoms with Gasteiger partial charge in [0.1, 0.15) is 0 Å². The molecule has 0 aliphatic heterocycles. The fraction of sp³-hybridized carbons (Fsp3) is 0.368. The van der Waals surface area contributed by atoms with Gasteiger partial charge < -0.3 is 4.74 Å². The lowest BCUT2D eigenvalue weighted by Crippen LogP contribution is -2.08. The monoisotopic (exact) mass is 340 g/mol. The first-order chi connectivity index (χ1) is 11.7. The molecule has 1 aromatic carbocycles. The molecule has 0 unspecified atom stereocenters. The van der Waals surface area contributed by atoms with Gasteiger partial charge in [0.2, 0.25) is 0 Å². The molecule has 3 aromatic rings. The molecule has 24 heavy (non-hydrogen) atoms. The molecule has 0 bridgehead atoms. The number of aryl methyl sites for hydroxylation is 2. The molecule has 0 fully saturated rings. The largest absolute Gasteiger partial charge is 0.466 e. The van der Waals surface area contributed by atoms with Crippen LogP contribution in [0.15, 0.2) is 29.8 Å². The van der Waals surface area contributed by atoms with Crippen molar-refractivity contribution in [2.75, 3.05) is 6.61 Å². The molecule has 5 heteroatoms. The second-order valence-electron chi connectivity index (χ2n) is 6.18. The maximum absolute atomic E-state index is 11.7. The fourth-order valence-corrected chi connectivity index (χ4v) is 4.22. The molecule has 1 aliphatic carbocycles. The van der Waals surface area contributed by atoms with Crippen LogP contribution in [0.5, 0.6) is 0 Å². The van der Waals surface area contributed by atoms with Gasteiger partial charge in [0.15, 0.2) is 4.96 Å². The van der Waals surface area contributed by atoms with E-state index in [1.54, 1.807) is 11.3 Å². The number of esters is 1.